The molecule has 8 aromatic carbocycles. The van der Waals surface area contributed by atoms with E-state index in [2.05, 4.69) is 159 Å². The maximum absolute atomic E-state index is 10.3. The Labute approximate surface area is 316 Å². The van der Waals surface area contributed by atoms with Gasteiger partial charge in [0.15, 0.2) is 0 Å². The second-order valence-electron chi connectivity index (χ2n) is 14.0. The van der Waals surface area contributed by atoms with Gasteiger partial charge in [-0.25, -0.2) is 0 Å². The highest BCUT2D eigenvalue weighted by atomic mass is 15.0. The zero-order chi connectivity index (χ0) is 36.6. The lowest BCUT2D eigenvalue weighted by atomic mass is 10.00. The number of hydrogen-bond acceptors (Lipinski definition) is 2. The SMILES string of the molecule is N#Cc1ccc(-n2c3ccccc3c3cccc(C#N)c32)c(-c2cccc(-n3c4ccccc4c4ccc(-n5c6ccccc6c6ccccc65)cc43)c2)c1. The molecule has 0 aliphatic heterocycles. The van der Waals surface area contributed by atoms with Crippen molar-refractivity contribution in [2.75, 3.05) is 0 Å². The maximum Gasteiger partial charge on any atom is 0.101 e. The molecular formula is C50H29N5. The van der Waals surface area contributed by atoms with Gasteiger partial charge in [-0.05, 0) is 78.4 Å². The highest BCUT2D eigenvalue weighted by molar-refractivity contribution is 6.13. The summed E-state index contributed by atoms with van der Waals surface area (Å²) in [5, 5.41) is 27.3. The van der Waals surface area contributed by atoms with E-state index in [1.54, 1.807) is 0 Å². The van der Waals surface area contributed by atoms with Crippen molar-refractivity contribution >= 4 is 65.4 Å². The van der Waals surface area contributed by atoms with E-state index in [1.807, 2.05) is 42.5 Å². The molecule has 0 amide bonds. The van der Waals surface area contributed by atoms with Crippen LogP contribution in [0.3, 0.4) is 0 Å². The van der Waals surface area contributed by atoms with Crippen LogP contribution in [0.1, 0.15) is 11.1 Å². The molecule has 5 nitrogen and oxygen atoms in total. The first-order chi connectivity index (χ1) is 27.2. The van der Waals surface area contributed by atoms with E-state index < -0.39 is 0 Å². The van der Waals surface area contributed by atoms with Crippen LogP contribution in [0, 0.1) is 22.7 Å². The zero-order valence-electron chi connectivity index (χ0n) is 29.5. The monoisotopic (exact) mass is 699 g/mol. The van der Waals surface area contributed by atoms with Gasteiger partial charge in [0.25, 0.3) is 0 Å². The molecule has 11 rings (SSSR count). The molecule has 0 atom stereocenters. The molecule has 0 radical (unpaired) electrons. The first-order valence-corrected chi connectivity index (χ1v) is 18.3. The van der Waals surface area contributed by atoms with Crippen LogP contribution in [-0.2, 0) is 0 Å². The molecule has 11 aromatic rings. The molecular weight excluding hydrogens is 671 g/mol. The third kappa shape index (κ3) is 4.45. The molecule has 0 N–H and O–H groups in total. The molecule has 0 bridgehead atoms. The Hall–Kier alpha value is -7.86. The maximum atomic E-state index is 10.3. The molecule has 254 valence electrons. The van der Waals surface area contributed by atoms with Crippen LogP contribution in [0.2, 0.25) is 0 Å². The molecule has 3 heterocycles. The van der Waals surface area contributed by atoms with Gasteiger partial charge in [0.1, 0.15) is 6.07 Å². The van der Waals surface area contributed by atoms with Crippen LogP contribution >= 0.6 is 0 Å². The standard InChI is InChI=1S/C50H29N5/c51-30-32-23-26-48(55-47-22-8-4-17-40(47)42-18-10-12-34(31-52)50(42)55)43(27-32)33-11-9-13-35(28-33)54-46-21-7-3-16-39(46)41-25-24-36(29-49(41)54)53-44-19-5-1-14-37(44)38-15-2-6-20-45(38)53/h1-29H. The minimum absolute atomic E-state index is 0.568. The number of aromatic nitrogens is 3. The van der Waals surface area contributed by atoms with Crippen molar-refractivity contribution in [2.24, 2.45) is 0 Å². The number of fused-ring (bicyclic) bond motifs is 9. The van der Waals surface area contributed by atoms with E-state index in [0.29, 0.717) is 11.1 Å². The van der Waals surface area contributed by atoms with E-state index in [1.165, 1.54) is 32.6 Å². The second kappa shape index (κ2) is 11.8. The quantitative estimate of drug-likeness (QED) is 0.184. The van der Waals surface area contributed by atoms with Crippen molar-refractivity contribution in [1.82, 2.24) is 13.7 Å². The van der Waals surface area contributed by atoms with Gasteiger partial charge in [-0.1, -0.05) is 103 Å². The first kappa shape index (κ1) is 30.7. The van der Waals surface area contributed by atoms with Gasteiger partial charge in [0.2, 0.25) is 0 Å². The van der Waals surface area contributed by atoms with Gasteiger partial charge in [-0.3, -0.25) is 0 Å². The van der Waals surface area contributed by atoms with E-state index in [4.69, 9.17) is 0 Å². The lowest BCUT2D eigenvalue weighted by molar-refractivity contribution is 1.15. The van der Waals surface area contributed by atoms with Crippen molar-refractivity contribution in [3.63, 3.8) is 0 Å². The van der Waals surface area contributed by atoms with Crippen LogP contribution in [0.5, 0.6) is 0 Å². The van der Waals surface area contributed by atoms with Crippen molar-refractivity contribution in [3.8, 4) is 40.3 Å². The average Bonchev–Trinajstić information content (AvgIpc) is 3.89. The minimum atomic E-state index is 0.568. The molecule has 0 unspecified atom stereocenters. The zero-order valence-corrected chi connectivity index (χ0v) is 29.5. The van der Waals surface area contributed by atoms with Crippen LogP contribution in [0.25, 0.3) is 93.6 Å². The van der Waals surface area contributed by atoms with Gasteiger partial charge in [0, 0.05) is 49.3 Å². The highest BCUT2D eigenvalue weighted by Gasteiger charge is 2.20. The fourth-order valence-corrected chi connectivity index (χ4v) is 8.78. The van der Waals surface area contributed by atoms with Gasteiger partial charge >= 0.3 is 0 Å². The molecule has 5 heteroatoms. The summed E-state index contributed by atoms with van der Waals surface area (Å²) in [5.41, 5.74) is 12.5. The Morgan fingerprint density at radius 2 is 0.891 bits per heavy atom. The predicted octanol–water partition coefficient (Wildman–Crippen LogP) is 12.4. The molecule has 0 saturated carbocycles. The van der Waals surface area contributed by atoms with E-state index >= 15 is 0 Å². The normalized spacial score (nSPS) is 11.6. The number of benzene rings is 8. The fourth-order valence-electron chi connectivity index (χ4n) is 8.78. The largest absolute Gasteiger partial charge is 0.309 e. The molecule has 0 spiro atoms. The van der Waals surface area contributed by atoms with Crippen molar-refractivity contribution in [2.45, 2.75) is 0 Å². The summed E-state index contributed by atoms with van der Waals surface area (Å²) in [5.74, 6) is 0. The average molecular weight is 700 g/mol. The van der Waals surface area contributed by atoms with E-state index in [-0.39, 0.29) is 0 Å². The summed E-state index contributed by atoms with van der Waals surface area (Å²) < 4.78 is 6.90. The van der Waals surface area contributed by atoms with Crippen LogP contribution in [0.15, 0.2) is 176 Å². The third-order valence-electron chi connectivity index (χ3n) is 11.1. The molecule has 0 aliphatic rings. The number of rotatable bonds is 4. The van der Waals surface area contributed by atoms with Crippen LogP contribution in [0.4, 0.5) is 0 Å². The first-order valence-electron chi connectivity index (χ1n) is 18.3. The van der Waals surface area contributed by atoms with Crippen LogP contribution < -0.4 is 0 Å². The van der Waals surface area contributed by atoms with Gasteiger partial charge in [-0.2, -0.15) is 10.5 Å². The number of nitriles is 2. The Kier molecular flexibility index (Phi) is 6.61. The Morgan fingerprint density at radius 1 is 0.364 bits per heavy atom. The minimum Gasteiger partial charge on any atom is -0.309 e. The third-order valence-corrected chi connectivity index (χ3v) is 11.1. The van der Waals surface area contributed by atoms with Gasteiger partial charge in [0.05, 0.1) is 56.0 Å². The molecule has 55 heavy (non-hydrogen) atoms. The van der Waals surface area contributed by atoms with Crippen LogP contribution in [-0.4, -0.2) is 13.7 Å². The summed E-state index contributed by atoms with van der Waals surface area (Å²) in [6.07, 6.45) is 0. The number of para-hydroxylation sites is 5. The molecule has 0 saturated heterocycles. The van der Waals surface area contributed by atoms with Crippen molar-refractivity contribution in [1.29, 1.82) is 10.5 Å². The van der Waals surface area contributed by atoms with E-state index in [0.717, 1.165) is 61.0 Å². The summed E-state index contributed by atoms with van der Waals surface area (Å²) in [4.78, 5) is 0. The van der Waals surface area contributed by atoms with Crippen molar-refractivity contribution in [3.05, 3.63) is 187 Å². The summed E-state index contributed by atoms with van der Waals surface area (Å²) in [6, 6.07) is 66.0. The predicted molar refractivity (Wildman–Crippen MR) is 224 cm³/mol. The second-order valence-corrected chi connectivity index (χ2v) is 14.0. The summed E-state index contributed by atoms with van der Waals surface area (Å²) in [7, 11) is 0. The topological polar surface area (TPSA) is 62.4 Å². The highest BCUT2D eigenvalue weighted by Crippen LogP contribution is 2.40. The Morgan fingerprint density at radius 3 is 1.53 bits per heavy atom. The lowest BCUT2D eigenvalue weighted by Gasteiger charge is -2.16. The van der Waals surface area contributed by atoms with Gasteiger partial charge < -0.3 is 13.7 Å². The Bertz CT molecular complexity index is 3420. The Balaban J connectivity index is 1.17. The number of nitrogens with zero attached hydrogens (tertiary/aromatic N) is 5. The van der Waals surface area contributed by atoms with Gasteiger partial charge in [-0.15, -0.1) is 0 Å². The molecule has 3 aromatic heterocycles. The summed E-state index contributed by atoms with van der Waals surface area (Å²) in [6.45, 7) is 0. The fraction of sp³-hybridized carbons (Fsp3) is 0. The molecule has 0 fully saturated rings. The van der Waals surface area contributed by atoms with E-state index in [9.17, 15) is 10.5 Å². The smallest absolute Gasteiger partial charge is 0.101 e. The summed E-state index contributed by atoms with van der Waals surface area (Å²) >= 11 is 0. The lowest BCUT2D eigenvalue weighted by Crippen LogP contribution is -2.00. The number of hydrogen-bond donors (Lipinski definition) is 0. The molecule has 0 aliphatic carbocycles. The van der Waals surface area contributed by atoms with Crippen molar-refractivity contribution < 1.29 is 0 Å².